The van der Waals surface area contributed by atoms with Crippen molar-refractivity contribution in [1.29, 1.82) is 0 Å². The Hall–Kier alpha value is -1.60. The first kappa shape index (κ1) is 19.7. The van der Waals surface area contributed by atoms with Crippen LogP contribution in [0, 0.1) is 5.41 Å². The molecule has 1 saturated heterocycles. The predicted molar refractivity (Wildman–Crippen MR) is 95.8 cm³/mol. The molecule has 0 aromatic heterocycles. The van der Waals surface area contributed by atoms with Gasteiger partial charge in [-0.05, 0) is 30.5 Å². The van der Waals surface area contributed by atoms with Gasteiger partial charge >= 0.3 is 10.1 Å². The molecule has 2 rings (SSSR count). The standard InChI is InChI=1S/C18H27NO5S/c1-18(2,3)17(20)19(13-16-6-5-11-23-16)12-14-7-9-15(10-8-14)24-25(4,21)22/h7-10,16H,5-6,11-13H2,1-4H3/t16-/m1/s1. The van der Waals surface area contributed by atoms with Crippen LogP contribution in [0.5, 0.6) is 5.75 Å². The number of rotatable bonds is 6. The van der Waals surface area contributed by atoms with Gasteiger partial charge in [0.15, 0.2) is 0 Å². The van der Waals surface area contributed by atoms with Crippen molar-refractivity contribution in [3.8, 4) is 5.75 Å². The molecule has 1 fully saturated rings. The van der Waals surface area contributed by atoms with Crippen LogP contribution in [-0.4, -0.2) is 44.7 Å². The topological polar surface area (TPSA) is 72.9 Å². The second kappa shape index (κ2) is 7.74. The Kier molecular flexibility index (Phi) is 6.11. The zero-order valence-corrected chi connectivity index (χ0v) is 16.1. The van der Waals surface area contributed by atoms with Gasteiger partial charge in [-0.1, -0.05) is 32.9 Å². The summed E-state index contributed by atoms with van der Waals surface area (Å²) in [6.07, 6.45) is 3.08. The Morgan fingerprint density at radius 1 is 1.28 bits per heavy atom. The van der Waals surface area contributed by atoms with Crippen molar-refractivity contribution in [2.75, 3.05) is 19.4 Å². The van der Waals surface area contributed by atoms with Gasteiger partial charge < -0.3 is 13.8 Å². The van der Waals surface area contributed by atoms with E-state index < -0.39 is 15.5 Å². The van der Waals surface area contributed by atoms with E-state index in [0.29, 0.717) is 13.1 Å². The van der Waals surface area contributed by atoms with Gasteiger partial charge in [0.1, 0.15) is 5.75 Å². The SMILES string of the molecule is CC(C)(C)C(=O)N(Cc1ccc(OS(C)(=O)=O)cc1)C[C@H]1CCCO1. The summed E-state index contributed by atoms with van der Waals surface area (Å²) in [5, 5.41) is 0. The number of nitrogens with zero attached hydrogens (tertiary/aromatic N) is 1. The molecule has 25 heavy (non-hydrogen) atoms. The summed E-state index contributed by atoms with van der Waals surface area (Å²) in [6, 6.07) is 6.75. The van der Waals surface area contributed by atoms with E-state index in [1.54, 1.807) is 24.3 Å². The van der Waals surface area contributed by atoms with E-state index in [9.17, 15) is 13.2 Å². The van der Waals surface area contributed by atoms with Crippen molar-refractivity contribution < 1.29 is 22.1 Å². The summed E-state index contributed by atoms with van der Waals surface area (Å²) in [6.45, 7) is 7.48. The minimum absolute atomic E-state index is 0.0689. The van der Waals surface area contributed by atoms with Gasteiger partial charge in [-0.15, -0.1) is 0 Å². The van der Waals surface area contributed by atoms with E-state index in [0.717, 1.165) is 31.3 Å². The fourth-order valence-corrected chi connectivity index (χ4v) is 3.23. The Labute approximate surface area is 150 Å². The van der Waals surface area contributed by atoms with Crippen LogP contribution >= 0.6 is 0 Å². The van der Waals surface area contributed by atoms with E-state index in [1.165, 1.54) is 0 Å². The summed E-state index contributed by atoms with van der Waals surface area (Å²) in [5.74, 6) is 0.332. The maximum Gasteiger partial charge on any atom is 0.306 e. The molecule has 0 bridgehead atoms. The van der Waals surface area contributed by atoms with Gasteiger partial charge in [-0.2, -0.15) is 8.42 Å². The Morgan fingerprint density at radius 3 is 2.40 bits per heavy atom. The highest BCUT2D eigenvalue weighted by atomic mass is 32.2. The van der Waals surface area contributed by atoms with E-state index in [-0.39, 0.29) is 17.8 Å². The number of amides is 1. The average Bonchev–Trinajstić information content (AvgIpc) is 2.98. The van der Waals surface area contributed by atoms with Crippen LogP contribution in [0.1, 0.15) is 39.2 Å². The van der Waals surface area contributed by atoms with Crippen LogP contribution in [0.25, 0.3) is 0 Å². The molecule has 1 heterocycles. The molecular weight excluding hydrogens is 342 g/mol. The van der Waals surface area contributed by atoms with Crippen LogP contribution in [0.2, 0.25) is 0 Å². The molecule has 0 unspecified atom stereocenters. The molecule has 1 atom stereocenters. The van der Waals surface area contributed by atoms with Crippen molar-refractivity contribution in [3.05, 3.63) is 29.8 Å². The molecule has 1 aromatic carbocycles. The largest absolute Gasteiger partial charge is 0.383 e. The Morgan fingerprint density at radius 2 is 1.92 bits per heavy atom. The maximum atomic E-state index is 12.8. The highest BCUT2D eigenvalue weighted by Crippen LogP contribution is 2.23. The third kappa shape index (κ3) is 6.32. The number of benzene rings is 1. The fraction of sp³-hybridized carbons (Fsp3) is 0.611. The highest BCUT2D eigenvalue weighted by Gasteiger charge is 2.30. The third-order valence-corrected chi connectivity index (χ3v) is 4.42. The second-order valence-corrected chi connectivity index (χ2v) is 9.08. The van der Waals surface area contributed by atoms with Crippen LogP contribution in [-0.2, 0) is 26.2 Å². The number of carbonyl (C=O) groups excluding carboxylic acids is 1. The van der Waals surface area contributed by atoms with Crippen molar-refractivity contribution in [2.24, 2.45) is 5.41 Å². The normalized spacial score (nSPS) is 18.2. The fourth-order valence-electron chi connectivity index (χ4n) is 2.77. The zero-order chi connectivity index (χ0) is 18.7. The molecule has 0 spiro atoms. The van der Waals surface area contributed by atoms with E-state index in [4.69, 9.17) is 8.92 Å². The first-order chi connectivity index (χ1) is 11.5. The molecule has 1 amide bonds. The predicted octanol–water partition coefficient (Wildman–Crippen LogP) is 2.58. The lowest BCUT2D eigenvalue weighted by molar-refractivity contribution is -0.141. The molecule has 140 valence electrons. The second-order valence-electron chi connectivity index (χ2n) is 7.50. The van der Waals surface area contributed by atoms with Gasteiger partial charge in [0.2, 0.25) is 5.91 Å². The van der Waals surface area contributed by atoms with Crippen molar-refractivity contribution in [2.45, 2.75) is 46.3 Å². The lowest BCUT2D eigenvalue weighted by atomic mass is 9.94. The molecule has 0 N–H and O–H groups in total. The molecule has 7 heteroatoms. The molecule has 1 aliphatic heterocycles. The van der Waals surface area contributed by atoms with E-state index >= 15 is 0 Å². The molecule has 0 saturated carbocycles. The maximum absolute atomic E-state index is 12.8. The summed E-state index contributed by atoms with van der Waals surface area (Å²) >= 11 is 0. The zero-order valence-electron chi connectivity index (χ0n) is 15.3. The Balaban J connectivity index is 2.10. The lowest BCUT2D eigenvalue weighted by Crippen LogP contribution is -2.42. The summed E-state index contributed by atoms with van der Waals surface area (Å²) in [4.78, 5) is 14.6. The first-order valence-corrected chi connectivity index (χ1v) is 10.3. The number of carbonyl (C=O) groups is 1. The minimum Gasteiger partial charge on any atom is -0.383 e. The van der Waals surface area contributed by atoms with Crippen LogP contribution in [0.3, 0.4) is 0 Å². The van der Waals surface area contributed by atoms with Gasteiger partial charge in [0, 0.05) is 25.1 Å². The van der Waals surface area contributed by atoms with Crippen molar-refractivity contribution in [1.82, 2.24) is 4.90 Å². The number of hydrogen-bond donors (Lipinski definition) is 0. The van der Waals surface area contributed by atoms with Gasteiger partial charge in [-0.3, -0.25) is 4.79 Å². The first-order valence-electron chi connectivity index (χ1n) is 8.44. The number of ether oxygens (including phenoxy) is 1. The molecule has 6 nitrogen and oxygen atoms in total. The van der Waals surface area contributed by atoms with Gasteiger partial charge in [-0.25, -0.2) is 0 Å². The smallest absolute Gasteiger partial charge is 0.306 e. The summed E-state index contributed by atoms with van der Waals surface area (Å²) < 4.78 is 32.9. The molecular formula is C18H27NO5S. The molecule has 1 aromatic rings. The van der Waals surface area contributed by atoms with Crippen molar-refractivity contribution >= 4 is 16.0 Å². The third-order valence-electron chi connectivity index (χ3n) is 3.92. The quantitative estimate of drug-likeness (QED) is 0.721. The Bertz CT molecular complexity index is 685. The summed E-state index contributed by atoms with van der Waals surface area (Å²) in [7, 11) is -3.54. The lowest BCUT2D eigenvalue weighted by Gasteiger charge is -2.31. The molecule has 0 radical (unpaired) electrons. The average molecular weight is 369 g/mol. The van der Waals surface area contributed by atoms with Crippen LogP contribution < -0.4 is 4.18 Å². The van der Waals surface area contributed by atoms with Crippen LogP contribution in [0.4, 0.5) is 0 Å². The van der Waals surface area contributed by atoms with Crippen LogP contribution in [0.15, 0.2) is 24.3 Å². The van der Waals surface area contributed by atoms with Crippen molar-refractivity contribution in [3.63, 3.8) is 0 Å². The minimum atomic E-state index is -3.54. The van der Waals surface area contributed by atoms with Gasteiger partial charge in [0.05, 0.1) is 12.4 Å². The molecule has 1 aliphatic rings. The van der Waals surface area contributed by atoms with Gasteiger partial charge in [0.25, 0.3) is 0 Å². The monoisotopic (exact) mass is 369 g/mol. The number of hydrogen-bond acceptors (Lipinski definition) is 5. The highest BCUT2D eigenvalue weighted by molar-refractivity contribution is 7.86. The molecule has 0 aliphatic carbocycles. The van der Waals surface area contributed by atoms with E-state index in [2.05, 4.69) is 0 Å². The van der Waals surface area contributed by atoms with E-state index in [1.807, 2.05) is 25.7 Å². The summed E-state index contributed by atoms with van der Waals surface area (Å²) in [5.41, 5.74) is 0.439.